The molecule has 0 fully saturated rings. The Morgan fingerprint density at radius 3 is 2.88 bits per heavy atom. The van der Waals surface area contributed by atoms with Crippen molar-refractivity contribution in [1.29, 1.82) is 0 Å². The number of nitrogens with zero attached hydrogens (tertiary/aromatic N) is 1. The fraction of sp³-hybridized carbons (Fsp3) is 0.333. The van der Waals surface area contributed by atoms with Crippen LogP contribution in [0.5, 0.6) is 0 Å². The van der Waals surface area contributed by atoms with Crippen LogP contribution in [0, 0.1) is 5.82 Å². The zero-order chi connectivity index (χ0) is 17.2. The molecule has 1 aromatic carbocycles. The van der Waals surface area contributed by atoms with Gasteiger partial charge in [-0.1, -0.05) is 18.2 Å². The Hall–Kier alpha value is -2.47. The van der Waals surface area contributed by atoms with Gasteiger partial charge in [0.05, 0.1) is 11.3 Å². The highest BCUT2D eigenvalue weighted by Crippen LogP contribution is 2.09. The van der Waals surface area contributed by atoms with Crippen molar-refractivity contribution >= 4 is 11.6 Å². The molecule has 2 N–H and O–H groups in total. The molecule has 0 unspecified atom stereocenters. The summed E-state index contributed by atoms with van der Waals surface area (Å²) in [6.07, 6.45) is 4.50. The second-order valence-corrected chi connectivity index (χ2v) is 5.33. The average Bonchev–Trinajstić information content (AvgIpc) is 2.60. The standard InChI is InChI=1S/C18H22FN3O2/c1-24-10-4-8-21-16-11-15(12-20-13-16)18(23)22-9-7-14-5-2-3-6-17(14)19/h2-3,5-6,11-13,21H,4,7-10H2,1H3,(H,22,23). The van der Waals surface area contributed by atoms with Crippen molar-refractivity contribution in [3.8, 4) is 0 Å². The summed E-state index contributed by atoms with van der Waals surface area (Å²) in [4.78, 5) is 16.2. The molecule has 6 heteroatoms. The minimum Gasteiger partial charge on any atom is -0.385 e. The largest absolute Gasteiger partial charge is 0.385 e. The third-order valence-corrected chi connectivity index (χ3v) is 3.49. The van der Waals surface area contributed by atoms with Gasteiger partial charge in [0.15, 0.2) is 0 Å². The monoisotopic (exact) mass is 331 g/mol. The number of anilines is 1. The first kappa shape index (κ1) is 17.9. The highest BCUT2D eigenvalue weighted by atomic mass is 19.1. The first-order valence-electron chi connectivity index (χ1n) is 7.90. The molecular formula is C18H22FN3O2. The SMILES string of the molecule is COCCCNc1cncc(C(=O)NCCc2ccccc2F)c1. The minimum atomic E-state index is -0.254. The Labute approximate surface area is 141 Å². The van der Waals surface area contributed by atoms with Gasteiger partial charge < -0.3 is 15.4 Å². The molecule has 0 saturated heterocycles. The molecule has 0 atom stereocenters. The first-order valence-corrected chi connectivity index (χ1v) is 7.90. The van der Waals surface area contributed by atoms with E-state index in [0.717, 1.165) is 18.7 Å². The second kappa shape index (κ2) is 9.62. The number of hydrogen-bond donors (Lipinski definition) is 2. The highest BCUT2D eigenvalue weighted by molar-refractivity contribution is 5.94. The number of methoxy groups -OCH3 is 1. The maximum absolute atomic E-state index is 13.5. The Kier molecular flexibility index (Phi) is 7.17. The maximum atomic E-state index is 13.5. The van der Waals surface area contributed by atoms with Crippen LogP contribution in [-0.4, -0.2) is 37.7 Å². The van der Waals surface area contributed by atoms with Crippen molar-refractivity contribution in [2.45, 2.75) is 12.8 Å². The van der Waals surface area contributed by atoms with E-state index in [-0.39, 0.29) is 11.7 Å². The lowest BCUT2D eigenvalue weighted by Crippen LogP contribution is -2.26. The first-order chi connectivity index (χ1) is 11.7. The van der Waals surface area contributed by atoms with E-state index >= 15 is 0 Å². The Balaban J connectivity index is 1.82. The summed E-state index contributed by atoms with van der Waals surface area (Å²) in [5.74, 6) is -0.477. The molecule has 5 nitrogen and oxygen atoms in total. The minimum absolute atomic E-state index is 0.223. The van der Waals surface area contributed by atoms with Crippen molar-refractivity contribution in [3.63, 3.8) is 0 Å². The number of nitrogens with one attached hydrogen (secondary N) is 2. The number of benzene rings is 1. The summed E-state index contributed by atoms with van der Waals surface area (Å²) >= 11 is 0. The van der Waals surface area contributed by atoms with Gasteiger partial charge in [-0.3, -0.25) is 9.78 Å². The quantitative estimate of drug-likeness (QED) is 0.694. The van der Waals surface area contributed by atoms with E-state index in [9.17, 15) is 9.18 Å². The van der Waals surface area contributed by atoms with Crippen molar-refractivity contribution in [1.82, 2.24) is 10.3 Å². The number of aromatic nitrogens is 1. The summed E-state index contributed by atoms with van der Waals surface area (Å²) in [5.41, 5.74) is 1.85. The number of amides is 1. The molecule has 24 heavy (non-hydrogen) atoms. The van der Waals surface area contributed by atoms with Crippen LogP contribution in [0.3, 0.4) is 0 Å². The number of pyridine rings is 1. The molecule has 0 aliphatic rings. The van der Waals surface area contributed by atoms with Gasteiger partial charge in [-0.2, -0.15) is 0 Å². The van der Waals surface area contributed by atoms with E-state index in [1.165, 1.54) is 12.3 Å². The van der Waals surface area contributed by atoms with Gasteiger partial charge in [0.2, 0.25) is 0 Å². The van der Waals surface area contributed by atoms with Crippen LogP contribution < -0.4 is 10.6 Å². The van der Waals surface area contributed by atoms with Crippen LogP contribution in [0.25, 0.3) is 0 Å². The smallest absolute Gasteiger partial charge is 0.252 e. The number of rotatable bonds is 9. The molecule has 0 radical (unpaired) electrons. The predicted octanol–water partition coefficient (Wildman–Crippen LogP) is 2.64. The molecular weight excluding hydrogens is 309 g/mol. The normalized spacial score (nSPS) is 10.4. The van der Waals surface area contributed by atoms with Gasteiger partial charge >= 0.3 is 0 Å². The Morgan fingerprint density at radius 2 is 2.08 bits per heavy atom. The molecule has 0 saturated carbocycles. The van der Waals surface area contributed by atoms with E-state index in [1.54, 1.807) is 37.6 Å². The van der Waals surface area contributed by atoms with Gasteiger partial charge in [0, 0.05) is 39.2 Å². The van der Waals surface area contributed by atoms with Crippen LogP contribution in [0.15, 0.2) is 42.7 Å². The lowest BCUT2D eigenvalue weighted by Gasteiger charge is -2.09. The molecule has 1 amide bonds. The number of ether oxygens (including phenoxy) is 1. The number of halogens is 1. The maximum Gasteiger partial charge on any atom is 0.252 e. The fourth-order valence-electron chi connectivity index (χ4n) is 2.22. The van der Waals surface area contributed by atoms with Gasteiger partial charge in [0.1, 0.15) is 5.82 Å². The van der Waals surface area contributed by atoms with E-state index in [0.29, 0.717) is 30.7 Å². The molecule has 0 aliphatic heterocycles. The molecule has 2 rings (SSSR count). The fourth-order valence-corrected chi connectivity index (χ4v) is 2.22. The van der Waals surface area contributed by atoms with Crippen LogP contribution in [0.1, 0.15) is 22.3 Å². The van der Waals surface area contributed by atoms with E-state index in [4.69, 9.17) is 4.74 Å². The topological polar surface area (TPSA) is 63.2 Å². The lowest BCUT2D eigenvalue weighted by molar-refractivity contribution is 0.0953. The summed E-state index contributed by atoms with van der Waals surface area (Å²) in [7, 11) is 1.66. The van der Waals surface area contributed by atoms with Crippen molar-refractivity contribution in [3.05, 3.63) is 59.7 Å². The highest BCUT2D eigenvalue weighted by Gasteiger charge is 2.07. The third-order valence-electron chi connectivity index (χ3n) is 3.49. The van der Waals surface area contributed by atoms with Crippen LogP contribution >= 0.6 is 0 Å². The van der Waals surface area contributed by atoms with Crippen molar-refractivity contribution in [2.24, 2.45) is 0 Å². The molecule has 0 spiro atoms. The molecule has 0 bridgehead atoms. The van der Waals surface area contributed by atoms with Crippen LogP contribution in [0.4, 0.5) is 10.1 Å². The van der Waals surface area contributed by atoms with Gasteiger partial charge in [-0.25, -0.2) is 4.39 Å². The molecule has 0 aliphatic carbocycles. The van der Waals surface area contributed by atoms with E-state index < -0.39 is 0 Å². The number of carbonyl (C=O) groups is 1. The van der Waals surface area contributed by atoms with Crippen molar-refractivity contribution in [2.75, 3.05) is 32.1 Å². The molecule has 128 valence electrons. The lowest BCUT2D eigenvalue weighted by atomic mass is 10.1. The van der Waals surface area contributed by atoms with E-state index in [2.05, 4.69) is 15.6 Å². The number of hydrogen-bond acceptors (Lipinski definition) is 4. The zero-order valence-electron chi connectivity index (χ0n) is 13.7. The summed E-state index contributed by atoms with van der Waals surface area (Å²) in [5, 5.41) is 5.98. The molecule has 1 heterocycles. The van der Waals surface area contributed by atoms with E-state index in [1.807, 2.05) is 0 Å². The number of carbonyl (C=O) groups excluding carboxylic acids is 1. The zero-order valence-corrected chi connectivity index (χ0v) is 13.7. The summed E-state index contributed by atoms with van der Waals surface area (Å²) in [6, 6.07) is 8.31. The van der Waals surface area contributed by atoms with Gasteiger partial charge in [-0.15, -0.1) is 0 Å². The molecule has 1 aromatic heterocycles. The predicted molar refractivity (Wildman–Crippen MR) is 91.7 cm³/mol. The van der Waals surface area contributed by atoms with Crippen LogP contribution in [0.2, 0.25) is 0 Å². The second-order valence-electron chi connectivity index (χ2n) is 5.33. The van der Waals surface area contributed by atoms with Gasteiger partial charge in [-0.05, 0) is 30.5 Å². The Morgan fingerprint density at radius 1 is 1.25 bits per heavy atom. The average molecular weight is 331 g/mol. The van der Waals surface area contributed by atoms with Crippen molar-refractivity contribution < 1.29 is 13.9 Å². The Bertz CT molecular complexity index is 664. The van der Waals surface area contributed by atoms with Gasteiger partial charge in [0.25, 0.3) is 5.91 Å². The van der Waals surface area contributed by atoms with Crippen LogP contribution in [-0.2, 0) is 11.2 Å². The molecule has 2 aromatic rings. The third kappa shape index (κ3) is 5.62. The summed E-state index contributed by atoms with van der Waals surface area (Å²) < 4.78 is 18.5. The summed E-state index contributed by atoms with van der Waals surface area (Å²) in [6.45, 7) is 1.79.